The third-order valence-corrected chi connectivity index (χ3v) is 2.53. The number of anilines is 1. The molecule has 0 radical (unpaired) electrons. The lowest BCUT2D eigenvalue weighted by Gasteiger charge is -2.02. The Morgan fingerprint density at radius 1 is 1.44 bits per heavy atom. The molecule has 0 saturated carbocycles. The van der Waals surface area contributed by atoms with E-state index in [1.54, 1.807) is 0 Å². The van der Waals surface area contributed by atoms with Gasteiger partial charge in [0.25, 0.3) is 15.8 Å². The Morgan fingerprint density at radius 2 is 2.06 bits per heavy atom. The van der Waals surface area contributed by atoms with Gasteiger partial charge in [-0.05, 0) is 12.1 Å². The highest BCUT2D eigenvalue weighted by Crippen LogP contribution is 2.26. The number of hydrogen-bond donors (Lipinski definition) is 2. The smallest absolute Gasteiger partial charge is 0.294 e. The van der Waals surface area contributed by atoms with Gasteiger partial charge in [0.05, 0.1) is 4.92 Å². The average Bonchev–Trinajstić information content (AvgIpc) is 2.16. The minimum absolute atomic E-state index is 0.160. The number of hydrogen-bond acceptors (Lipinski definition) is 5. The summed E-state index contributed by atoms with van der Waals surface area (Å²) in [5, 5.41) is 12.6. The van der Waals surface area contributed by atoms with Crippen molar-refractivity contribution in [3.63, 3.8) is 0 Å². The first-order valence-electron chi connectivity index (χ1n) is 3.82. The number of carbonyl (C=O) groups is 1. The van der Waals surface area contributed by atoms with Crippen molar-refractivity contribution in [2.24, 2.45) is 0 Å². The number of rotatable bonds is 4. The van der Waals surface area contributed by atoms with Crippen molar-refractivity contribution in [3.05, 3.63) is 28.3 Å². The molecule has 0 atom stereocenters. The minimum Gasteiger partial charge on any atom is -0.323 e. The highest BCUT2D eigenvalue weighted by Gasteiger charge is 2.19. The number of nitrogens with zero attached hydrogens (tertiary/aromatic N) is 1. The standard InChI is InChI=1S/C7H6N2O6S/c10-4-8-6-2-1-5(16(13,14)15)3-7(6)9(11)12/h1-4H,(H,8,10)(H,13,14,15). The van der Waals surface area contributed by atoms with Crippen molar-refractivity contribution in [1.29, 1.82) is 0 Å². The SMILES string of the molecule is O=CNc1ccc(S(=O)(=O)O)cc1[N+](=O)[O-]. The van der Waals surface area contributed by atoms with Crippen LogP contribution in [0.3, 0.4) is 0 Å². The topological polar surface area (TPSA) is 127 Å². The van der Waals surface area contributed by atoms with Gasteiger partial charge < -0.3 is 5.32 Å². The maximum Gasteiger partial charge on any atom is 0.294 e. The molecule has 1 aromatic carbocycles. The van der Waals surface area contributed by atoms with Gasteiger partial charge in [0.15, 0.2) is 0 Å². The summed E-state index contributed by atoms with van der Waals surface area (Å²) in [6.45, 7) is 0. The van der Waals surface area contributed by atoms with E-state index in [1.807, 2.05) is 5.32 Å². The van der Waals surface area contributed by atoms with E-state index in [-0.39, 0.29) is 12.1 Å². The van der Waals surface area contributed by atoms with Crippen LogP contribution in [-0.4, -0.2) is 24.3 Å². The van der Waals surface area contributed by atoms with Crippen molar-refractivity contribution in [1.82, 2.24) is 0 Å². The fourth-order valence-electron chi connectivity index (χ4n) is 1.01. The van der Waals surface area contributed by atoms with Gasteiger partial charge >= 0.3 is 0 Å². The molecule has 16 heavy (non-hydrogen) atoms. The zero-order valence-corrected chi connectivity index (χ0v) is 8.47. The summed E-state index contributed by atoms with van der Waals surface area (Å²) in [6, 6.07) is 2.60. The van der Waals surface area contributed by atoms with E-state index in [0.29, 0.717) is 6.07 Å². The van der Waals surface area contributed by atoms with Gasteiger partial charge in [-0.3, -0.25) is 19.5 Å². The summed E-state index contributed by atoms with van der Waals surface area (Å²) in [7, 11) is -4.51. The first-order valence-corrected chi connectivity index (χ1v) is 5.26. The molecular weight excluding hydrogens is 240 g/mol. The summed E-state index contributed by atoms with van der Waals surface area (Å²) in [5.41, 5.74) is -0.783. The molecule has 0 spiro atoms. The molecule has 0 saturated heterocycles. The van der Waals surface area contributed by atoms with E-state index in [0.717, 1.165) is 12.1 Å². The maximum atomic E-state index is 10.7. The van der Waals surface area contributed by atoms with Crippen molar-refractivity contribution >= 4 is 27.9 Å². The Kier molecular flexibility index (Phi) is 3.20. The first kappa shape index (κ1) is 12.1. The molecule has 86 valence electrons. The van der Waals surface area contributed by atoms with Gasteiger partial charge in [-0.15, -0.1) is 0 Å². The van der Waals surface area contributed by atoms with Crippen LogP contribution in [0.2, 0.25) is 0 Å². The molecule has 8 nitrogen and oxygen atoms in total. The Labute approximate surface area is 89.8 Å². The number of amides is 1. The summed E-state index contributed by atoms with van der Waals surface area (Å²) in [6.07, 6.45) is 0.218. The number of nitro groups is 1. The highest BCUT2D eigenvalue weighted by atomic mass is 32.2. The normalized spacial score (nSPS) is 10.8. The predicted octanol–water partition coefficient (Wildman–Crippen LogP) is 0.410. The molecule has 0 unspecified atom stereocenters. The fraction of sp³-hybridized carbons (Fsp3) is 0. The van der Waals surface area contributed by atoms with Gasteiger partial charge in [0.2, 0.25) is 6.41 Å². The quantitative estimate of drug-likeness (QED) is 0.343. The Hall–Kier alpha value is -2.00. The summed E-state index contributed by atoms with van der Waals surface area (Å²) < 4.78 is 30.1. The second kappa shape index (κ2) is 4.24. The second-order valence-corrected chi connectivity index (χ2v) is 4.09. The number of carbonyl (C=O) groups excluding carboxylic acids is 1. The lowest BCUT2D eigenvalue weighted by atomic mass is 10.3. The summed E-state index contributed by atoms with van der Waals surface area (Å²) in [5.74, 6) is 0. The summed E-state index contributed by atoms with van der Waals surface area (Å²) in [4.78, 5) is 19.2. The van der Waals surface area contributed by atoms with Crippen LogP contribution in [0, 0.1) is 10.1 Å². The molecule has 1 amide bonds. The van der Waals surface area contributed by atoms with Crippen molar-refractivity contribution < 1.29 is 22.7 Å². The molecule has 0 aliphatic heterocycles. The molecule has 2 N–H and O–H groups in total. The van der Waals surface area contributed by atoms with Gasteiger partial charge in [-0.1, -0.05) is 0 Å². The molecule has 0 aromatic heterocycles. The van der Waals surface area contributed by atoms with Crippen LogP contribution in [0.15, 0.2) is 23.1 Å². The highest BCUT2D eigenvalue weighted by molar-refractivity contribution is 7.85. The molecule has 0 heterocycles. The lowest BCUT2D eigenvalue weighted by Crippen LogP contribution is -2.03. The van der Waals surface area contributed by atoms with Crippen LogP contribution in [0.1, 0.15) is 0 Å². The van der Waals surface area contributed by atoms with Crippen LogP contribution in [0.25, 0.3) is 0 Å². The maximum absolute atomic E-state index is 10.7. The third kappa shape index (κ3) is 2.52. The monoisotopic (exact) mass is 246 g/mol. The molecular formula is C7H6N2O6S. The average molecular weight is 246 g/mol. The minimum atomic E-state index is -4.51. The van der Waals surface area contributed by atoms with Crippen molar-refractivity contribution in [3.8, 4) is 0 Å². The molecule has 0 fully saturated rings. The van der Waals surface area contributed by atoms with E-state index < -0.39 is 25.6 Å². The third-order valence-electron chi connectivity index (χ3n) is 1.68. The molecule has 0 aliphatic carbocycles. The Bertz CT molecular complexity index is 538. The van der Waals surface area contributed by atoms with Gasteiger partial charge in [0, 0.05) is 6.07 Å². The first-order chi connectivity index (χ1) is 7.36. The molecule has 0 bridgehead atoms. The fourth-order valence-corrected chi connectivity index (χ4v) is 1.51. The Morgan fingerprint density at radius 3 is 2.50 bits per heavy atom. The number of nitro benzene ring substituents is 1. The van der Waals surface area contributed by atoms with Gasteiger partial charge in [0.1, 0.15) is 10.6 Å². The lowest BCUT2D eigenvalue weighted by molar-refractivity contribution is -0.384. The zero-order chi connectivity index (χ0) is 12.3. The van der Waals surface area contributed by atoms with Crippen LogP contribution >= 0.6 is 0 Å². The number of nitrogens with one attached hydrogen (secondary N) is 1. The predicted molar refractivity (Wildman–Crippen MR) is 52.6 cm³/mol. The van der Waals surface area contributed by atoms with Crippen LogP contribution in [0.5, 0.6) is 0 Å². The van der Waals surface area contributed by atoms with Crippen molar-refractivity contribution in [2.45, 2.75) is 4.90 Å². The van der Waals surface area contributed by atoms with Crippen LogP contribution in [0.4, 0.5) is 11.4 Å². The molecule has 1 rings (SSSR count). The van der Waals surface area contributed by atoms with Gasteiger partial charge in [-0.25, -0.2) is 0 Å². The van der Waals surface area contributed by atoms with E-state index in [9.17, 15) is 23.3 Å². The summed E-state index contributed by atoms with van der Waals surface area (Å²) >= 11 is 0. The van der Waals surface area contributed by atoms with Crippen LogP contribution < -0.4 is 5.32 Å². The molecule has 9 heteroatoms. The zero-order valence-electron chi connectivity index (χ0n) is 7.65. The molecule has 0 aliphatic rings. The second-order valence-electron chi connectivity index (χ2n) is 2.67. The van der Waals surface area contributed by atoms with Crippen LogP contribution in [-0.2, 0) is 14.9 Å². The largest absolute Gasteiger partial charge is 0.323 e. The van der Waals surface area contributed by atoms with E-state index in [4.69, 9.17) is 4.55 Å². The van der Waals surface area contributed by atoms with E-state index in [1.165, 1.54) is 0 Å². The van der Waals surface area contributed by atoms with E-state index in [2.05, 4.69) is 0 Å². The van der Waals surface area contributed by atoms with Gasteiger partial charge in [-0.2, -0.15) is 8.42 Å². The molecule has 1 aromatic rings. The number of benzene rings is 1. The Balaban J connectivity index is 3.39. The van der Waals surface area contributed by atoms with E-state index >= 15 is 0 Å². The van der Waals surface area contributed by atoms with Crippen molar-refractivity contribution in [2.75, 3.05) is 5.32 Å².